The van der Waals surface area contributed by atoms with Gasteiger partial charge >= 0.3 is 0 Å². The fourth-order valence-corrected chi connectivity index (χ4v) is 3.69. The van der Waals surface area contributed by atoms with Crippen molar-refractivity contribution in [1.82, 2.24) is 10.2 Å². The summed E-state index contributed by atoms with van der Waals surface area (Å²) < 4.78 is 5.15. The summed E-state index contributed by atoms with van der Waals surface area (Å²) in [6.07, 6.45) is 5.13. The van der Waals surface area contributed by atoms with Crippen molar-refractivity contribution in [2.75, 3.05) is 13.7 Å². The molecule has 2 aliphatic rings. The second-order valence-electron chi connectivity index (χ2n) is 7.14. The number of methoxy groups -OCH3 is 1. The molecule has 1 unspecified atom stereocenters. The van der Waals surface area contributed by atoms with Gasteiger partial charge in [-0.2, -0.15) is 0 Å². The van der Waals surface area contributed by atoms with Crippen molar-refractivity contribution in [3.63, 3.8) is 0 Å². The first kappa shape index (κ1) is 20.5. The molecule has 1 aromatic rings. The molecule has 3 N–H and O–H groups in total. The SMILES string of the molecule is COc1ccc(CN2CCC(NC(=O)C3(N)CCCCC3)C2=O)cc1.Cl. The summed E-state index contributed by atoms with van der Waals surface area (Å²) in [5.41, 5.74) is 6.50. The standard InChI is InChI=1S/C19H27N3O3.ClH/c1-25-15-7-5-14(6-8-15)13-22-12-9-16(17(22)23)21-18(24)19(20)10-3-2-4-11-19;/h5-8,16H,2-4,9-13,20H2,1H3,(H,21,24);1H. The topological polar surface area (TPSA) is 84.7 Å². The minimum absolute atomic E-state index is 0. The molecule has 26 heavy (non-hydrogen) atoms. The fraction of sp³-hybridized carbons (Fsp3) is 0.579. The van der Waals surface area contributed by atoms with Crippen LogP contribution >= 0.6 is 12.4 Å². The Morgan fingerprint density at radius 2 is 1.92 bits per heavy atom. The Kier molecular flexibility index (Phi) is 6.89. The number of ether oxygens (including phenoxy) is 1. The minimum Gasteiger partial charge on any atom is -0.497 e. The fourth-order valence-electron chi connectivity index (χ4n) is 3.69. The molecule has 144 valence electrons. The van der Waals surface area contributed by atoms with Crippen LogP contribution in [0.4, 0.5) is 0 Å². The first-order valence-corrected chi connectivity index (χ1v) is 9.03. The smallest absolute Gasteiger partial charge is 0.245 e. The van der Waals surface area contributed by atoms with Crippen LogP contribution in [0.2, 0.25) is 0 Å². The van der Waals surface area contributed by atoms with Crippen molar-refractivity contribution in [3.8, 4) is 5.75 Å². The predicted molar refractivity (Wildman–Crippen MR) is 102 cm³/mol. The Labute approximate surface area is 160 Å². The Bertz CT molecular complexity index is 629. The summed E-state index contributed by atoms with van der Waals surface area (Å²) in [5, 5.41) is 2.90. The van der Waals surface area contributed by atoms with Gasteiger partial charge in [0, 0.05) is 13.1 Å². The Morgan fingerprint density at radius 3 is 2.54 bits per heavy atom. The summed E-state index contributed by atoms with van der Waals surface area (Å²) in [7, 11) is 1.63. The summed E-state index contributed by atoms with van der Waals surface area (Å²) in [5.74, 6) is 0.600. The normalized spacial score (nSPS) is 21.8. The number of nitrogens with one attached hydrogen (secondary N) is 1. The molecule has 0 bridgehead atoms. The van der Waals surface area contributed by atoms with Crippen molar-refractivity contribution in [2.45, 2.75) is 56.7 Å². The third-order valence-electron chi connectivity index (χ3n) is 5.33. The van der Waals surface area contributed by atoms with E-state index in [4.69, 9.17) is 10.5 Å². The second-order valence-corrected chi connectivity index (χ2v) is 7.14. The lowest BCUT2D eigenvalue weighted by molar-refractivity contribution is -0.135. The highest BCUT2D eigenvalue weighted by atomic mass is 35.5. The van der Waals surface area contributed by atoms with Gasteiger partial charge in [-0.1, -0.05) is 31.4 Å². The highest BCUT2D eigenvalue weighted by molar-refractivity contribution is 5.93. The van der Waals surface area contributed by atoms with Gasteiger partial charge in [-0.05, 0) is 37.0 Å². The Morgan fingerprint density at radius 1 is 1.27 bits per heavy atom. The molecule has 1 atom stereocenters. The molecule has 7 heteroatoms. The average molecular weight is 382 g/mol. The first-order valence-electron chi connectivity index (χ1n) is 9.03. The van der Waals surface area contributed by atoms with E-state index in [9.17, 15) is 9.59 Å². The molecule has 1 saturated heterocycles. The van der Waals surface area contributed by atoms with E-state index in [2.05, 4.69) is 5.32 Å². The molecule has 1 aromatic carbocycles. The van der Waals surface area contributed by atoms with Gasteiger partial charge in [0.05, 0.1) is 12.6 Å². The lowest BCUT2D eigenvalue weighted by Gasteiger charge is -2.32. The second kappa shape index (κ2) is 8.73. The third kappa shape index (κ3) is 4.48. The van der Waals surface area contributed by atoms with Crippen LogP contribution in [0.15, 0.2) is 24.3 Å². The maximum atomic E-state index is 12.6. The average Bonchev–Trinajstić information content (AvgIpc) is 2.96. The number of likely N-dealkylation sites (tertiary alicyclic amines) is 1. The van der Waals surface area contributed by atoms with Gasteiger partial charge in [0.15, 0.2) is 0 Å². The number of carbonyl (C=O) groups excluding carboxylic acids is 2. The van der Waals surface area contributed by atoms with Gasteiger partial charge in [0.2, 0.25) is 11.8 Å². The molecule has 1 aliphatic heterocycles. The van der Waals surface area contributed by atoms with Crippen molar-refractivity contribution >= 4 is 24.2 Å². The van der Waals surface area contributed by atoms with Crippen LogP contribution in [0.1, 0.15) is 44.1 Å². The molecule has 1 aliphatic carbocycles. The zero-order valence-corrected chi connectivity index (χ0v) is 16.0. The number of rotatable bonds is 5. The van der Waals surface area contributed by atoms with Gasteiger partial charge in [0.1, 0.15) is 11.8 Å². The van der Waals surface area contributed by atoms with Gasteiger partial charge in [-0.3, -0.25) is 9.59 Å². The molecule has 3 rings (SSSR count). The third-order valence-corrected chi connectivity index (χ3v) is 5.33. The highest BCUT2D eigenvalue weighted by Crippen LogP contribution is 2.27. The van der Waals surface area contributed by atoms with Crippen molar-refractivity contribution in [3.05, 3.63) is 29.8 Å². The molecular weight excluding hydrogens is 354 g/mol. The van der Waals surface area contributed by atoms with E-state index < -0.39 is 11.6 Å². The van der Waals surface area contributed by atoms with E-state index in [0.717, 1.165) is 30.6 Å². The number of benzene rings is 1. The number of nitrogens with zero attached hydrogens (tertiary/aromatic N) is 1. The Hall–Kier alpha value is -1.79. The molecule has 0 aromatic heterocycles. The molecule has 2 fully saturated rings. The molecule has 0 spiro atoms. The van der Waals surface area contributed by atoms with E-state index in [1.54, 1.807) is 12.0 Å². The monoisotopic (exact) mass is 381 g/mol. The van der Waals surface area contributed by atoms with Crippen LogP contribution in [0, 0.1) is 0 Å². The summed E-state index contributed by atoms with van der Waals surface area (Å²) in [4.78, 5) is 26.9. The number of hydrogen-bond acceptors (Lipinski definition) is 4. The number of nitrogens with two attached hydrogens (primary N) is 1. The van der Waals surface area contributed by atoms with Crippen LogP contribution in [0.3, 0.4) is 0 Å². The molecule has 2 amide bonds. The van der Waals surface area contributed by atoms with Crippen LogP contribution in [-0.2, 0) is 16.1 Å². The highest BCUT2D eigenvalue weighted by Gasteiger charge is 2.39. The molecule has 6 nitrogen and oxygen atoms in total. The quantitative estimate of drug-likeness (QED) is 0.816. The van der Waals surface area contributed by atoms with Gasteiger partial charge in [-0.15, -0.1) is 12.4 Å². The number of hydrogen-bond donors (Lipinski definition) is 2. The maximum absolute atomic E-state index is 12.6. The predicted octanol–water partition coefficient (Wildman–Crippen LogP) is 2.00. The first-order chi connectivity index (χ1) is 12.0. The largest absolute Gasteiger partial charge is 0.497 e. The molecular formula is C19H28ClN3O3. The molecule has 0 radical (unpaired) electrons. The van der Waals surface area contributed by atoms with E-state index in [1.165, 1.54) is 0 Å². The lowest BCUT2D eigenvalue weighted by atomic mass is 9.81. The minimum atomic E-state index is -0.804. The van der Waals surface area contributed by atoms with E-state index in [1.807, 2.05) is 24.3 Å². The van der Waals surface area contributed by atoms with Gasteiger partial charge in [0.25, 0.3) is 0 Å². The van der Waals surface area contributed by atoms with Crippen LogP contribution in [0.25, 0.3) is 0 Å². The summed E-state index contributed by atoms with van der Waals surface area (Å²) >= 11 is 0. The van der Waals surface area contributed by atoms with E-state index in [0.29, 0.717) is 32.4 Å². The number of halogens is 1. The molecule has 1 heterocycles. The van der Waals surface area contributed by atoms with Crippen molar-refractivity contribution in [2.24, 2.45) is 5.73 Å². The zero-order chi connectivity index (χ0) is 17.9. The van der Waals surface area contributed by atoms with E-state index in [-0.39, 0.29) is 24.2 Å². The molecule has 1 saturated carbocycles. The number of amides is 2. The van der Waals surface area contributed by atoms with Crippen LogP contribution in [-0.4, -0.2) is 41.9 Å². The van der Waals surface area contributed by atoms with Gasteiger partial charge < -0.3 is 20.7 Å². The van der Waals surface area contributed by atoms with Crippen molar-refractivity contribution in [1.29, 1.82) is 0 Å². The Balaban J connectivity index is 0.00000243. The summed E-state index contributed by atoms with van der Waals surface area (Å²) in [6, 6.07) is 7.23. The van der Waals surface area contributed by atoms with Gasteiger partial charge in [-0.25, -0.2) is 0 Å². The summed E-state index contributed by atoms with van der Waals surface area (Å²) in [6.45, 7) is 1.19. The van der Waals surface area contributed by atoms with Crippen molar-refractivity contribution < 1.29 is 14.3 Å². The number of carbonyl (C=O) groups is 2. The van der Waals surface area contributed by atoms with E-state index >= 15 is 0 Å². The maximum Gasteiger partial charge on any atom is 0.245 e. The van der Waals surface area contributed by atoms with Crippen LogP contribution < -0.4 is 15.8 Å². The zero-order valence-electron chi connectivity index (χ0n) is 15.2. The lowest BCUT2D eigenvalue weighted by Crippen LogP contribution is -2.58. The van der Waals surface area contributed by atoms with Crippen LogP contribution in [0.5, 0.6) is 5.75 Å².